The number of aryl methyl sites for hydroxylation is 3. The molecule has 0 saturated heterocycles. The van der Waals surface area contributed by atoms with Crippen LogP contribution < -0.4 is 9.04 Å². The second-order valence-electron chi connectivity index (χ2n) is 11.4. The summed E-state index contributed by atoms with van der Waals surface area (Å²) in [7, 11) is -4.02. The molecule has 4 aromatic carbocycles. The van der Waals surface area contributed by atoms with Gasteiger partial charge < -0.3 is 4.74 Å². The van der Waals surface area contributed by atoms with Gasteiger partial charge in [0.2, 0.25) is 5.88 Å². The molecule has 0 spiro atoms. The summed E-state index contributed by atoms with van der Waals surface area (Å²) in [4.78, 5) is 0.178. The van der Waals surface area contributed by atoms with Crippen LogP contribution >= 0.6 is 0 Å². The zero-order valence-electron chi connectivity index (χ0n) is 24.1. The number of rotatable bonds is 4. The number of nitrogens with zero attached hydrogens (tertiary/aromatic N) is 4. The van der Waals surface area contributed by atoms with Crippen LogP contribution in [0.5, 0.6) is 5.88 Å². The molecule has 1 aromatic heterocycles. The number of benzene rings is 4. The summed E-state index contributed by atoms with van der Waals surface area (Å²) in [6.45, 7) is 5.76. The highest BCUT2D eigenvalue weighted by Crippen LogP contribution is 2.62. The lowest BCUT2D eigenvalue weighted by molar-refractivity contribution is 0.0485. The fourth-order valence-electron chi connectivity index (χ4n) is 6.54. The number of fused-ring (bicyclic) bond motifs is 5. The maximum absolute atomic E-state index is 14.3. The standard InChI is InChI=1S/C35H30N4O3S/c1-23-13-17-26(18-14-23)33-35(21-36)22-38(43(40,41)28-19-15-24(2)16-20-28)30-12-8-7-11-29(30)32(35)31-25(3)37-39(34(31)42-33)27-9-5-4-6-10-27/h4-20,32-33H,22H2,1-3H3/t32-,33+,35-/m1/s1. The Kier molecular flexibility index (Phi) is 6.19. The van der Waals surface area contributed by atoms with E-state index < -0.39 is 27.5 Å². The molecule has 0 N–H and O–H groups in total. The first-order valence-electron chi connectivity index (χ1n) is 14.2. The number of ether oxygens (including phenoxy) is 1. The minimum Gasteiger partial charge on any atom is -0.467 e. The molecule has 0 bridgehead atoms. The Hall–Kier alpha value is -4.87. The highest BCUT2D eigenvalue weighted by atomic mass is 32.2. The first-order valence-corrected chi connectivity index (χ1v) is 15.7. The molecule has 7 nitrogen and oxygen atoms in total. The number of para-hydroxylation sites is 2. The Morgan fingerprint density at radius 1 is 0.860 bits per heavy atom. The number of aromatic nitrogens is 2. The van der Waals surface area contributed by atoms with Crippen LogP contribution in [-0.4, -0.2) is 24.7 Å². The van der Waals surface area contributed by atoms with E-state index in [1.807, 2.05) is 99.6 Å². The van der Waals surface area contributed by atoms with E-state index in [1.54, 1.807) is 28.9 Å². The van der Waals surface area contributed by atoms with Gasteiger partial charge in [-0.2, -0.15) is 10.4 Å². The van der Waals surface area contributed by atoms with E-state index in [-0.39, 0.29) is 11.4 Å². The van der Waals surface area contributed by atoms with Gasteiger partial charge in [0.25, 0.3) is 10.0 Å². The van der Waals surface area contributed by atoms with Gasteiger partial charge in [-0.25, -0.2) is 13.1 Å². The molecule has 0 amide bonds. The molecule has 0 unspecified atom stereocenters. The fraction of sp³-hybridized carbons (Fsp3) is 0.200. The Balaban J connectivity index is 1.52. The third-order valence-corrected chi connectivity index (χ3v) is 10.5. The average Bonchev–Trinajstić information content (AvgIpc) is 3.36. The first kappa shape index (κ1) is 27.0. The first-order chi connectivity index (χ1) is 20.7. The highest BCUT2D eigenvalue weighted by Gasteiger charge is 2.60. The van der Waals surface area contributed by atoms with Crippen LogP contribution in [0.15, 0.2) is 108 Å². The molecule has 2 aliphatic rings. The van der Waals surface area contributed by atoms with Crippen molar-refractivity contribution in [3.05, 3.63) is 137 Å². The van der Waals surface area contributed by atoms with Crippen molar-refractivity contribution < 1.29 is 13.2 Å². The van der Waals surface area contributed by atoms with E-state index in [0.717, 1.165) is 39.2 Å². The molecule has 7 rings (SSSR count). The Bertz CT molecular complexity index is 2000. The smallest absolute Gasteiger partial charge is 0.264 e. The van der Waals surface area contributed by atoms with Crippen molar-refractivity contribution in [1.29, 1.82) is 5.26 Å². The van der Waals surface area contributed by atoms with E-state index in [2.05, 4.69) is 6.07 Å². The average molecular weight is 587 g/mol. The topological polar surface area (TPSA) is 88.2 Å². The normalized spacial score (nSPS) is 20.7. The van der Waals surface area contributed by atoms with Crippen LogP contribution in [0.4, 0.5) is 5.69 Å². The minimum absolute atomic E-state index is 0.0880. The van der Waals surface area contributed by atoms with Crippen molar-refractivity contribution in [3.63, 3.8) is 0 Å². The Labute approximate surface area is 251 Å². The molecule has 214 valence electrons. The van der Waals surface area contributed by atoms with Gasteiger partial charge in [-0.15, -0.1) is 0 Å². The zero-order chi connectivity index (χ0) is 29.9. The fourth-order valence-corrected chi connectivity index (χ4v) is 8.08. The maximum Gasteiger partial charge on any atom is 0.264 e. The number of anilines is 1. The summed E-state index contributed by atoms with van der Waals surface area (Å²) < 4.78 is 38.8. The van der Waals surface area contributed by atoms with Gasteiger partial charge in [-0.1, -0.05) is 83.9 Å². The molecule has 0 saturated carbocycles. The van der Waals surface area contributed by atoms with Crippen molar-refractivity contribution in [2.24, 2.45) is 5.41 Å². The third-order valence-electron chi connectivity index (χ3n) is 8.68. The molecule has 0 fully saturated rings. The molecule has 3 atom stereocenters. The van der Waals surface area contributed by atoms with E-state index in [4.69, 9.17) is 9.84 Å². The highest BCUT2D eigenvalue weighted by molar-refractivity contribution is 7.92. The van der Waals surface area contributed by atoms with Crippen LogP contribution in [0.25, 0.3) is 5.69 Å². The molecule has 5 aromatic rings. The Morgan fingerprint density at radius 2 is 1.49 bits per heavy atom. The molecule has 2 aliphatic heterocycles. The predicted octanol–water partition coefficient (Wildman–Crippen LogP) is 6.78. The minimum atomic E-state index is -4.02. The maximum atomic E-state index is 14.3. The van der Waals surface area contributed by atoms with E-state index in [9.17, 15) is 13.7 Å². The molecule has 0 aliphatic carbocycles. The summed E-state index contributed by atoms with van der Waals surface area (Å²) in [5, 5.41) is 16.1. The van der Waals surface area contributed by atoms with Crippen molar-refractivity contribution in [2.45, 2.75) is 37.7 Å². The lowest BCUT2D eigenvalue weighted by Crippen LogP contribution is -2.54. The molecular weight excluding hydrogens is 556 g/mol. The molecule has 43 heavy (non-hydrogen) atoms. The van der Waals surface area contributed by atoms with Gasteiger partial charge >= 0.3 is 0 Å². The summed E-state index contributed by atoms with van der Waals surface area (Å²) in [6, 6.07) is 34.7. The van der Waals surface area contributed by atoms with Crippen molar-refractivity contribution in [1.82, 2.24) is 9.78 Å². The number of hydrogen-bond donors (Lipinski definition) is 0. The number of sulfonamides is 1. The van der Waals surface area contributed by atoms with Crippen LogP contribution in [-0.2, 0) is 10.0 Å². The van der Waals surface area contributed by atoms with Crippen LogP contribution in [0, 0.1) is 37.5 Å². The monoisotopic (exact) mass is 586 g/mol. The lowest BCUT2D eigenvalue weighted by Gasteiger charge is -2.51. The summed E-state index contributed by atoms with van der Waals surface area (Å²) in [5.41, 5.74) is 5.22. The second kappa shape index (κ2) is 9.85. The predicted molar refractivity (Wildman–Crippen MR) is 165 cm³/mol. The van der Waals surface area contributed by atoms with Gasteiger partial charge in [-0.05, 0) is 62.2 Å². The largest absolute Gasteiger partial charge is 0.467 e. The Morgan fingerprint density at radius 3 is 2.16 bits per heavy atom. The van der Waals surface area contributed by atoms with Crippen molar-refractivity contribution in [2.75, 3.05) is 10.8 Å². The van der Waals surface area contributed by atoms with E-state index >= 15 is 0 Å². The summed E-state index contributed by atoms with van der Waals surface area (Å²) in [5.74, 6) is 0.0699. The summed E-state index contributed by atoms with van der Waals surface area (Å²) >= 11 is 0. The van der Waals surface area contributed by atoms with Gasteiger partial charge in [-0.3, -0.25) is 4.31 Å². The van der Waals surface area contributed by atoms with Crippen LogP contribution in [0.3, 0.4) is 0 Å². The van der Waals surface area contributed by atoms with Gasteiger partial charge in [0.05, 0.1) is 34.6 Å². The molecular formula is C35H30N4O3S. The lowest BCUT2D eigenvalue weighted by atomic mass is 9.61. The molecule has 0 radical (unpaired) electrons. The number of hydrogen-bond acceptors (Lipinski definition) is 5. The van der Waals surface area contributed by atoms with E-state index in [1.165, 1.54) is 4.31 Å². The molecule has 8 heteroatoms. The third kappa shape index (κ3) is 4.07. The van der Waals surface area contributed by atoms with Gasteiger partial charge in [0, 0.05) is 11.5 Å². The van der Waals surface area contributed by atoms with Crippen molar-refractivity contribution in [3.8, 4) is 17.6 Å². The van der Waals surface area contributed by atoms with Crippen molar-refractivity contribution >= 4 is 15.7 Å². The summed E-state index contributed by atoms with van der Waals surface area (Å²) in [6.07, 6.45) is -0.779. The quantitative estimate of drug-likeness (QED) is 0.232. The second-order valence-corrected chi connectivity index (χ2v) is 13.3. The van der Waals surface area contributed by atoms with Gasteiger partial charge in [0.1, 0.15) is 11.5 Å². The van der Waals surface area contributed by atoms with E-state index in [0.29, 0.717) is 11.6 Å². The number of nitriles is 1. The SMILES string of the molecule is Cc1ccc([C@@H]2Oc3c(c(C)nn3-c3ccccc3)[C@H]3c4ccccc4N(S(=O)(=O)c4ccc(C)cc4)C[C@]32C#N)cc1. The van der Waals surface area contributed by atoms with Gasteiger partial charge in [0.15, 0.2) is 0 Å². The molecule has 3 heterocycles. The van der Waals surface area contributed by atoms with Crippen LogP contribution in [0.2, 0.25) is 0 Å². The zero-order valence-corrected chi connectivity index (χ0v) is 24.9. The van der Waals surface area contributed by atoms with Crippen LogP contribution in [0.1, 0.15) is 45.5 Å².